The normalized spacial score (nSPS) is 11.5. The van der Waals surface area contributed by atoms with Gasteiger partial charge < -0.3 is 19.7 Å². The van der Waals surface area contributed by atoms with E-state index in [1.54, 1.807) is 12.1 Å². The van der Waals surface area contributed by atoms with Crippen molar-refractivity contribution in [1.82, 2.24) is 0 Å². The SMILES string of the molecule is N#CC(C#N)=Cc1sc(-c2ccc(-c3ccc(-c4sc(C=C(C#N)C#N)c5c4OCCO5)s3)s2)c(O)c1O. The molecule has 0 spiro atoms. The van der Waals surface area contributed by atoms with Gasteiger partial charge in [-0.2, -0.15) is 21.0 Å². The van der Waals surface area contributed by atoms with Crippen LogP contribution in [-0.4, -0.2) is 23.4 Å². The lowest BCUT2D eigenvalue weighted by Gasteiger charge is -2.16. The average Bonchev–Trinajstić information content (AvgIpc) is 3.73. The van der Waals surface area contributed by atoms with Crippen molar-refractivity contribution in [2.24, 2.45) is 0 Å². The lowest BCUT2D eigenvalue weighted by molar-refractivity contribution is 0.174. The molecule has 5 heterocycles. The molecule has 8 nitrogen and oxygen atoms in total. The summed E-state index contributed by atoms with van der Waals surface area (Å²) in [6.45, 7) is 0.775. The summed E-state index contributed by atoms with van der Waals surface area (Å²) in [7, 11) is 0. The second-order valence-electron chi connectivity index (χ2n) is 7.53. The summed E-state index contributed by atoms with van der Waals surface area (Å²) in [5, 5.41) is 57.1. The second kappa shape index (κ2) is 10.4. The lowest BCUT2D eigenvalue weighted by Crippen LogP contribution is -2.14. The van der Waals surface area contributed by atoms with Gasteiger partial charge in [0.2, 0.25) is 0 Å². The van der Waals surface area contributed by atoms with Crippen molar-refractivity contribution in [3.63, 3.8) is 0 Å². The Hall–Kier alpha value is -4.56. The predicted octanol–water partition coefficient (Wildman–Crippen LogP) is 6.98. The summed E-state index contributed by atoms with van der Waals surface area (Å²) in [5.74, 6) is 0.457. The number of fused-ring (bicyclic) bond motifs is 1. The van der Waals surface area contributed by atoms with Crippen LogP contribution in [0.1, 0.15) is 9.75 Å². The molecule has 1 aliphatic rings. The van der Waals surface area contributed by atoms with Crippen molar-refractivity contribution in [3.05, 3.63) is 45.2 Å². The molecule has 38 heavy (non-hydrogen) atoms. The molecule has 0 radical (unpaired) electrons. The molecule has 4 aromatic heterocycles. The van der Waals surface area contributed by atoms with E-state index < -0.39 is 0 Å². The van der Waals surface area contributed by atoms with E-state index in [0.29, 0.717) is 34.5 Å². The first-order valence-corrected chi connectivity index (χ1v) is 14.0. The monoisotopic (exact) mass is 572 g/mol. The summed E-state index contributed by atoms with van der Waals surface area (Å²) in [4.78, 5) is 5.73. The third-order valence-corrected chi connectivity index (χ3v) is 10.2. The number of hydrogen-bond donors (Lipinski definition) is 2. The molecule has 2 N–H and O–H groups in total. The summed E-state index contributed by atoms with van der Waals surface area (Å²) >= 11 is 5.44. The van der Waals surface area contributed by atoms with E-state index in [-0.39, 0.29) is 27.5 Å². The zero-order valence-electron chi connectivity index (χ0n) is 19.0. The van der Waals surface area contributed by atoms with E-state index in [4.69, 9.17) is 30.5 Å². The minimum atomic E-state index is -0.369. The number of rotatable bonds is 5. The van der Waals surface area contributed by atoms with Gasteiger partial charge in [0.15, 0.2) is 23.0 Å². The Kier molecular flexibility index (Phi) is 6.89. The first-order valence-electron chi connectivity index (χ1n) is 10.7. The molecule has 4 aromatic rings. The Morgan fingerprint density at radius 1 is 0.632 bits per heavy atom. The van der Waals surface area contributed by atoms with Gasteiger partial charge in [-0.1, -0.05) is 0 Å². The first kappa shape index (κ1) is 25.1. The van der Waals surface area contributed by atoms with Gasteiger partial charge >= 0.3 is 0 Å². The van der Waals surface area contributed by atoms with Crippen molar-refractivity contribution in [3.8, 4) is 76.5 Å². The highest BCUT2D eigenvalue weighted by atomic mass is 32.1. The minimum absolute atomic E-state index is 0.0225. The van der Waals surface area contributed by atoms with E-state index in [9.17, 15) is 10.2 Å². The van der Waals surface area contributed by atoms with E-state index in [0.717, 1.165) is 35.7 Å². The number of nitriles is 4. The first-order chi connectivity index (χ1) is 18.5. The summed E-state index contributed by atoms with van der Waals surface area (Å²) in [6, 6.07) is 14.9. The highest BCUT2D eigenvalue weighted by molar-refractivity contribution is 7.29. The van der Waals surface area contributed by atoms with Crippen LogP contribution in [0.3, 0.4) is 0 Å². The standard InChI is InChI=1S/C26H12N4O4S4/c27-9-13(10-28)7-19-21(31)22(32)25(37-19)17-3-1-15(35-17)16-2-4-18(36-16)26-24-23(33-5-6-34-24)20(38-26)8-14(11-29)12-30/h1-4,7-8,31-32H,5-6H2. The largest absolute Gasteiger partial charge is 0.503 e. The van der Waals surface area contributed by atoms with Gasteiger partial charge in [-0.15, -0.1) is 45.3 Å². The van der Waals surface area contributed by atoms with Crippen molar-refractivity contribution in [2.75, 3.05) is 13.2 Å². The molecule has 0 saturated heterocycles. The molecule has 0 fully saturated rings. The fraction of sp³-hybridized carbons (Fsp3) is 0.0769. The zero-order valence-corrected chi connectivity index (χ0v) is 22.3. The Labute approximate surface area is 232 Å². The van der Waals surface area contributed by atoms with E-state index >= 15 is 0 Å². The minimum Gasteiger partial charge on any atom is -0.503 e. The van der Waals surface area contributed by atoms with Gasteiger partial charge in [0.05, 0.1) is 19.5 Å². The van der Waals surface area contributed by atoms with Gasteiger partial charge in [-0.25, -0.2) is 0 Å². The Morgan fingerprint density at radius 2 is 1.11 bits per heavy atom. The molecule has 0 unspecified atom stereocenters. The Bertz CT molecular complexity index is 1780. The van der Waals surface area contributed by atoms with Gasteiger partial charge in [-0.05, 0) is 36.4 Å². The van der Waals surface area contributed by atoms with E-state index in [1.165, 1.54) is 46.2 Å². The Balaban J connectivity index is 1.49. The maximum Gasteiger partial charge on any atom is 0.181 e. The number of thiophene rings is 4. The fourth-order valence-electron chi connectivity index (χ4n) is 3.55. The van der Waals surface area contributed by atoms with Crippen LogP contribution >= 0.6 is 45.3 Å². The van der Waals surface area contributed by atoms with Crippen LogP contribution in [0.4, 0.5) is 0 Å². The fourth-order valence-corrected chi connectivity index (χ4v) is 8.04. The number of aromatic hydroxyl groups is 2. The van der Waals surface area contributed by atoms with Crippen LogP contribution in [-0.2, 0) is 0 Å². The maximum atomic E-state index is 10.5. The number of nitrogens with zero attached hydrogens (tertiary/aromatic N) is 4. The summed E-state index contributed by atoms with van der Waals surface area (Å²) in [6.07, 6.45) is 2.75. The van der Waals surface area contributed by atoms with E-state index in [2.05, 4.69) is 0 Å². The van der Waals surface area contributed by atoms with Crippen LogP contribution in [0.15, 0.2) is 35.4 Å². The van der Waals surface area contributed by atoms with Crippen molar-refractivity contribution >= 4 is 57.5 Å². The van der Waals surface area contributed by atoms with Gasteiger partial charge in [0.25, 0.3) is 0 Å². The third kappa shape index (κ3) is 4.50. The van der Waals surface area contributed by atoms with Crippen LogP contribution in [0, 0.1) is 45.3 Å². The molecule has 0 aliphatic carbocycles. The van der Waals surface area contributed by atoms with Crippen LogP contribution in [0.5, 0.6) is 23.0 Å². The van der Waals surface area contributed by atoms with Crippen molar-refractivity contribution < 1.29 is 19.7 Å². The van der Waals surface area contributed by atoms with Crippen LogP contribution in [0.2, 0.25) is 0 Å². The van der Waals surface area contributed by atoms with Crippen LogP contribution in [0.25, 0.3) is 41.4 Å². The zero-order chi connectivity index (χ0) is 26.8. The predicted molar refractivity (Wildman–Crippen MR) is 147 cm³/mol. The molecule has 12 heteroatoms. The molecule has 1 aliphatic heterocycles. The van der Waals surface area contributed by atoms with Crippen LogP contribution < -0.4 is 9.47 Å². The van der Waals surface area contributed by atoms with Crippen molar-refractivity contribution in [2.45, 2.75) is 0 Å². The quantitative estimate of drug-likeness (QED) is 0.243. The van der Waals surface area contributed by atoms with Gasteiger partial charge in [0.1, 0.15) is 48.6 Å². The van der Waals surface area contributed by atoms with Gasteiger partial charge in [-0.3, -0.25) is 0 Å². The maximum absolute atomic E-state index is 10.5. The molecule has 0 bridgehead atoms. The average molecular weight is 573 g/mol. The summed E-state index contributed by atoms with van der Waals surface area (Å²) < 4.78 is 11.7. The third-order valence-electron chi connectivity index (χ3n) is 5.24. The number of hydrogen-bond acceptors (Lipinski definition) is 12. The molecule has 0 saturated carbocycles. The molecule has 0 aromatic carbocycles. The highest BCUT2D eigenvalue weighted by Crippen LogP contribution is 2.54. The molecule has 184 valence electrons. The molecule has 0 amide bonds. The topological polar surface area (TPSA) is 154 Å². The number of allylic oxidation sites excluding steroid dienone is 2. The Morgan fingerprint density at radius 3 is 1.68 bits per heavy atom. The van der Waals surface area contributed by atoms with Crippen molar-refractivity contribution in [1.29, 1.82) is 21.0 Å². The van der Waals surface area contributed by atoms with E-state index in [1.807, 2.05) is 36.4 Å². The molecule has 0 atom stereocenters. The molecular formula is C26H12N4O4S4. The molecule has 5 rings (SSSR count). The molecular weight excluding hydrogens is 561 g/mol. The van der Waals surface area contributed by atoms with Gasteiger partial charge in [0, 0.05) is 19.5 Å². The number of ether oxygens (including phenoxy) is 2. The lowest BCUT2D eigenvalue weighted by atomic mass is 10.2. The second-order valence-corrected chi connectivity index (χ2v) is 11.8. The highest BCUT2D eigenvalue weighted by Gasteiger charge is 2.26. The smallest absolute Gasteiger partial charge is 0.181 e. The summed E-state index contributed by atoms with van der Waals surface area (Å²) in [5.41, 5.74) is -0.197.